The summed E-state index contributed by atoms with van der Waals surface area (Å²) < 4.78 is 4.32. The van der Waals surface area contributed by atoms with Crippen molar-refractivity contribution >= 4 is 34.5 Å². The lowest BCUT2D eigenvalue weighted by molar-refractivity contribution is 0.515. The molecule has 6 heteroatoms. The van der Waals surface area contributed by atoms with Crippen LogP contribution in [-0.4, -0.2) is 30.3 Å². The number of aromatic nitrogens is 4. The van der Waals surface area contributed by atoms with Crippen LogP contribution in [0.3, 0.4) is 0 Å². The number of nitrogens with zero attached hydrogens (tertiary/aromatic N) is 4. The Kier molecular flexibility index (Phi) is 4.00. The van der Waals surface area contributed by atoms with Crippen molar-refractivity contribution in [2.24, 2.45) is 7.05 Å². The molecule has 0 amide bonds. The first kappa shape index (κ1) is 14.3. The number of hydrogen-bond acceptors (Lipinski definition) is 3. The van der Waals surface area contributed by atoms with Gasteiger partial charge in [0, 0.05) is 18.3 Å². The van der Waals surface area contributed by atoms with E-state index in [4.69, 9.17) is 16.6 Å². The molecule has 1 aliphatic rings. The molecule has 2 heterocycles. The van der Waals surface area contributed by atoms with Gasteiger partial charge in [-0.3, -0.25) is 4.68 Å². The number of alkyl halides is 1. The molecule has 110 valence electrons. The Bertz CT molecular complexity index is 618. The van der Waals surface area contributed by atoms with Gasteiger partial charge in [0.05, 0.1) is 11.6 Å². The second-order valence-corrected chi connectivity index (χ2v) is 7.19. The van der Waals surface area contributed by atoms with Gasteiger partial charge < -0.3 is 4.57 Å². The van der Waals surface area contributed by atoms with Gasteiger partial charge in [0.15, 0.2) is 5.65 Å². The van der Waals surface area contributed by atoms with Gasteiger partial charge in [-0.25, -0.2) is 4.98 Å². The van der Waals surface area contributed by atoms with E-state index < -0.39 is 0 Å². The van der Waals surface area contributed by atoms with Crippen LogP contribution >= 0.6 is 23.4 Å². The zero-order valence-corrected chi connectivity index (χ0v) is 13.8. The predicted octanol–water partition coefficient (Wildman–Crippen LogP) is 3.66. The van der Waals surface area contributed by atoms with E-state index >= 15 is 0 Å². The van der Waals surface area contributed by atoms with Crippen LogP contribution in [0, 0.1) is 6.92 Å². The monoisotopic (exact) mass is 312 g/mol. The Morgan fingerprint density at radius 1 is 1.40 bits per heavy atom. The fraction of sp³-hybridized carbons (Fsp3) is 0.714. The van der Waals surface area contributed by atoms with Crippen molar-refractivity contribution in [3.63, 3.8) is 0 Å². The zero-order chi connectivity index (χ0) is 14.3. The summed E-state index contributed by atoms with van der Waals surface area (Å²) in [5.74, 6) is 2.62. The summed E-state index contributed by atoms with van der Waals surface area (Å²) in [5.41, 5.74) is 3.13. The third-order valence-corrected chi connectivity index (χ3v) is 5.71. The Balaban J connectivity index is 2.13. The smallest absolute Gasteiger partial charge is 0.158 e. The highest BCUT2D eigenvalue weighted by Crippen LogP contribution is 2.41. The lowest BCUT2D eigenvalue weighted by Gasteiger charge is -2.22. The number of rotatable bonds is 4. The Morgan fingerprint density at radius 3 is 2.90 bits per heavy atom. The number of thioether (sulfide) groups is 1. The second-order valence-electron chi connectivity index (χ2n) is 5.40. The summed E-state index contributed by atoms with van der Waals surface area (Å²) in [6.07, 6.45) is 3.80. The van der Waals surface area contributed by atoms with Crippen molar-refractivity contribution in [1.29, 1.82) is 0 Å². The molecule has 3 rings (SSSR count). The van der Waals surface area contributed by atoms with E-state index in [0.29, 0.717) is 17.2 Å². The van der Waals surface area contributed by atoms with Crippen LogP contribution in [0.5, 0.6) is 0 Å². The van der Waals surface area contributed by atoms with Crippen molar-refractivity contribution < 1.29 is 0 Å². The van der Waals surface area contributed by atoms with E-state index in [1.165, 1.54) is 25.0 Å². The average molecular weight is 313 g/mol. The number of halogens is 1. The number of fused-ring (bicyclic) bond motifs is 1. The van der Waals surface area contributed by atoms with Crippen molar-refractivity contribution in [3.05, 3.63) is 11.5 Å². The zero-order valence-electron chi connectivity index (χ0n) is 12.3. The summed E-state index contributed by atoms with van der Waals surface area (Å²) in [5, 5.41) is 5.19. The molecule has 1 aliphatic carbocycles. The van der Waals surface area contributed by atoms with E-state index in [1.54, 1.807) is 0 Å². The second kappa shape index (κ2) is 5.60. The highest BCUT2D eigenvalue weighted by Gasteiger charge is 2.32. The molecule has 0 aromatic carbocycles. The molecule has 2 unspecified atom stereocenters. The number of hydrogen-bond donors (Lipinski definition) is 0. The van der Waals surface area contributed by atoms with Gasteiger partial charge in [-0.1, -0.05) is 13.3 Å². The number of imidazole rings is 1. The summed E-state index contributed by atoms with van der Waals surface area (Å²) in [4.78, 5) is 4.73. The maximum atomic E-state index is 6.15. The molecule has 4 nitrogen and oxygen atoms in total. The first-order valence-electron chi connectivity index (χ1n) is 7.25. The highest BCUT2D eigenvalue weighted by molar-refractivity contribution is 7.99. The Labute approximate surface area is 128 Å². The molecular weight excluding hydrogens is 292 g/mol. The van der Waals surface area contributed by atoms with Gasteiger partial charge in [0.25, 0.3) is 0 Å². The summed E-state index contributed by atoms with van der Waals surface area (Å²) >= 11 is 8.21. The van der Waals surface area contributed by atoms with Crippen LogP contribution in [0.4, 0.5) is 0 Å². The number of aryl methyl sites for hydroxylation is 2. The van der Waals surface area contributed by atoms with E-state index in [9.17, 15) is 0 Å². The molecule has 0 N–H and O–H groups in total. The molecule has 2 aromatic rings. The average Bonchev–Trinajstić information content (AvgIpc) is 3.07. The van der Waals surface area contributed by atoms with Gasteiger partial charge in [-0.2, -0.15) is 16.9 Å². The van der Waals surface area contributed by atoms with E-state index in [0.717, 1.165) is 22.7 Å². The molecular formula is C14H21ClN4S. The van der Waals surface area contributed by atoms with Crippen LogP contribution in [0.2, 0.25) is 0 Å². The molecule has 2 atom stereocenters. The quantitative estimate of drug-likeness (QED) is 0.808. The van der Waals surface area contributed by atoms with Crippen LogP contribution < -0.4 is 0 Å². The minimum atomic E-state index is 0.466. The van der Waals surface area contributed by atoms with Crippen LogP contribution in [0.25, 0.3) is 11.2 Å². The largest absolute Gasteiger partial charge is 0.308 e. The lowest BCUT2D eigenvalue weighted by atomic mass is 10.2. The molecule has 0 bridgehead atoms. The van der Waals surface area contributed by atoms with E-state index in [2.05, 4.69) is 28.4 Å². The van der Waals surface area contributed by atoms with Crippen molar-refractivity contribution in [1.82, 2.24) is 19.3 Å². The van der Waals surface area contributed by atoms with Gasteiger partial charge >= 0.3 is 0 Å². The van der Waals surface area contributed by atoms with Crippen LogP contribution in [0.1, 0.15) is 43.7 Å². The third kappa shape index (κ3) is 2.15. The molecule has 2 aromatic heterocycles. The highest BCUT2D eigenvalue weighted by atomic mass is 35.5. The van der Waals surface area contributed by atoms with Gasteiger partial charge in [0.2, 0.25) is 0 Å². The molecule has 0 spiro atoms. The maximum absolute atomic E-state index is 6.15. The Morgan fingerprint density at radius 2 is 2.20 bits per heavy atom. The van der Waals surface area contributed by atoms with E-state index in [1.807, 2.05) is 18.7 Å². The van der Waals surface area contributed by atoms with Crippen LogP contribution in [-0.2, 0) is 12.9 Å². The first-order chi connectivity index (χ1) is 9.67. The third-order valence-electron chi connectivity index (χ3n) is 4.16. The van der Waals surface area contributed by atoms with Gasteiger partial charge in [0.1, 0.15) is 11.3 Å². The minimum absolute atomic E-state index is 0.466. The minimum Gasteiger partial charge on any atom is -0.308 e. The normalized spacial score (nSPS) is 23.0. The van der Waals surface area contributed by atoms with Crippen molar-refractivity contribution in [2.45, 2.75) is 50.3 Å². The Hall–Kier alpha value is -0.680. The summed E-state index contributed by atoms with van der Waals surface area (Å²) in [7, 11) is 2.00. The fourth-order valence-corrected chi connectivity index (χ4v) is 4.82. The van der Waals surface area contributed by atoms with Crippen LogP contribution in [0.15, 0.2) is 0 Å². The molecule has 0 saturated heterocycles. The molecule has 1 fully saturated rings. The van der Waals surface area contributed by atoms with Gasteiger partial charge in [-0.05, 0) is 25.5 Å². The molecule has 0 radical (unpaired) electrons. The maximum Gasteiger partial charge on any atom is 0.158 e. The topological polar surface area (TPSA) is 35.6 Å². The molecule has 1 saturated carbocycles. The molecule has 20 heavy (non-hydrogen) atoms. The van der Waals surface area contributed by atoms with Crippen molar-refractivity contribution in [3.8, 4) is 0 Å². The first-order valence-corrected chi connectivity index (χ1v) is 8.83. The summed E-state index contributed by atoms with van der Waals surface area (Å²) in [6, 6.07) is 0.508. The van der Waals surface area contributed by atoms with Gasteiger partial charge in [-0.15, -0.1) is 11.6 Å². The fourth-order valence-electron chi connectivity index (χ4n) is 3.39. The predicted molar refractivity (Wildman–Crippen MR) is 85.6 cm³/mol. The lowest BCUT2D eigenvalue weighted by Crippen LogP contribution is -2.19. The molecule has 0 aliphatic heterocycles. The standard InChI is InChI=1S/C14H21ClN4S/c1-4-20-11-7-5-6-10(11)19-12(8-15)16-13-9(2)17-18(3)14(13)19/h10-11H,4-8H2,1-3H3. The van der Waals surface area contributed by atoms with Crippen molar-refractivity contribution in [2.75, 3.05) is 5.75 Å². The summed E-state index contributed by atoms with van der Waals surface area (Å²) in [6.45, 7) is 4.25. The van der Waals surface area contributed by atoms with E-state index in [-0.39, 0.29) is 0 Å². The SMILES string of the molecule is CCSC1CCCC1n1c(CCl)nc2c(C)nn(C)c21.